The summed E-state index contributed by atoms with van der Waals surface area (Å²) in [5.41, 5.74) is 1.74. The van der Waals surface area contributed by atoms with E-state index in [1.54, 1.807) is 12.1 Å². The van der Waals surface area contributed by atoms with E-state index in [0.717, 1.165) is 11.2 Å². The second kappa shape index (κ2) is 2.82. The van der Waals surface area contributed by atoms with Gasteiger partial charge in [0.2, 0.25) is 5.91 Å². The van der Waals surface area contributed by atoms with Gasteiger partial charge in [-0.05, 0) is 18.2 Å². The molecule has 1 aromatic heterocycles. The van der Waals surface area contributed by atoms with E-state index in [1.807, 2.05) is 10.6 Å². The average Bonchev–Trinajstić information content (AvgIpc) is 2.58. The SMILES string of the molecule is O=C1Cn2c(cc3c(F)cccc32)CN1. The van der Waals surface area contributed by atoms with Crippen LogP contribution in [0.2, 0.25) is 0 Å². The van der Waals surface area contributed by atoms with E-state index < -0.39 is 0 Å². The van der Waals surface area contributed by atoms with Gasteiger partial charge in [0, 0.05) is 11.1 Å². The van der Waals surface area contributed by atoms with Crippen LogP contribution in [0, 0.1) is 5.82 Å². The molecule has 15 heavy (non-hydrogen) atoms. The van der Waals surface area contributed by atoms with Gasteiger partial charge in [-0.1, -0.05) is 6.07 Å². The molecule has 1 aromatic carbocycles. The zero-order valence-corrected chi connectivity index (χ0v) is 7.96. The van der Waals surface area contributed by atoms with Crippen molar-refractivity contribution in [3.05, 3.63) is 35.8 Å². The van der Waals surface area contributed by atoms with Crippen LogP contribution in [-0.2, 0) is 17.9 Å². The van der Waals surface area contributed by atoms with Gasteiger partial charge in [-0.25, -0.2) is 4.39 Å². The van der Waals surface area contributed by atoms with Crippen LogP contribution in [-0.4, -0.2) is 10.5 Å². The quantitative estimate of drug-likeness (QED) is 0.691. The van der Waals surface area contributed by atoms with Crippen LogP contribution in [0.1, 0.15) is 5.69 Å². The summed E-state index contributed by atoms with van der Waals surface area (Å²) in [6.45, 7) is 0.759. The van der Waals surface area contributed by atoms with E-state index in [4.69, 9.17) is 0 Å². The summed E-state index contributed by atoms with van der Waals surface area (Å²) in [7, 11) is 0. The van der Waals surface area contributed by atoms with Gasteiger partial charge in [0.05, 0.1) is 12.1 Å². The molecule has 2 aromatic rings. The van der Waals surface area contributed by atoms with Crippen molar-refractivity contribution >= 4 is 16.8 Å². The Morgan fingerprint density at radius 1 is 1.40 bits per heavy atom. The van der Waals surface area contributed by atoms with Gasteiger partial charge in [0.15, 0.2) is 0 Å². The number of rotatable bonds is 0. The summed E-state index contributed by atoms with van der Waals surface area (Å²) in [5.74, 6) is -0.258. The fourth-order valence-corrected chi connectivity index (χ4v) is 2.02. The lowest BCUT2D eigenvalue weighted by Crippen LogP contribution is -2.33. The van der Waals surface area contributed by atoms with Gasteiger partial charge in [0.25, 0.3) is 0 Å². The first-order valence-corrected chi connectivity index (χ1v) is 4.79. The van der Waals surface area contributed by atoms with Gasteiger partial charge in [-0.2, -0.15) is 0 Å². The monoisotopic (exact) mass is 204 g/mol. The van der Waals surface area contributed by atoms with Crippen molar-refractivity contribution in [2.24, 2.45) is 0 Å². The molecular formula is C11H9FN2O. The molecule has 1 aliphatic heterocycles. The third-order valence-corrected chi connectivity index (χ3v) is 2.75. The number of carbonyl (C=O) groups is 1. The average molecular weight is 204 g/mol. The van der Waals surface area contributed by atoms with Crippen LogP contribution in [0.5, 0.6) is 0 Å². The summed E-state index contributed by atoms with van der Waals surface area (Å²) >= 11 is 0. The maximum atomic E-state index is 13.5. The van der Waals surface area contributed by atoms with Crippen LogP contribution in [0.25, 0.3) is 10.9 Å². The summed E-state index contributed by atoms with van der Waals surface area (Å²) in [4.78, 5) is 11.2. The molecule has 0 bridgehead atoms. The molecule has 0 atom stereocenters. The predicted octanol–water partition coefficient (Wildman–Crippen LogP) is 1.41. The summed E-state index contributed by atoms with van der Waals surface area (Å²) in [6, 6.07) is 6.73. The number of hydrogen-bond acceptors (Lipinski definition) is 1. The minimum Gasteiger partial charge on any atom is -0.349 e. The zero-order chi connectivity index (χ0) is 10.4. The normalized spacial score (nSPS) is 15.1. The highest BCUT2D eigenvalue weighted by molar-refractivity contribution is 5.86. The van der Waals surface area contributed by atoms with E-state index in [9.17, 15) is 9.18 Å². The lowest BCUT2D eigenvalue weighted by Gasteiger charge is -2.16. The van der Waals surface area contributed by atoms with Crippen molar-refractivity contribution in [3.8, 4) is 0 Å². The summed E-state index contributed by atoms with van der Waals surface area (Å²) in [5, 5.41) is 3.32. The van der Waals surface area contributed by atoms with E-state index >= 15 is 0 Å². The maximum Gasteiger partial charge on any atom is 0.240 e. The van der Waals surface area contributed by atoms with Crippen molar-refractivity contribution < 1.29 is 9.18 Å². The zero-order valence-electron chi connectivity index (χ0n) is 7.96. The lowest BCUT2D eigenvalue weighted by molar-refractivity contribution is -0.122. The molecule has 1 aliphatic rings. The van der Waals surface area contributed by atoms with Crippen molar-refractivity contribution in [1.82, 2.24) is 9.88 Å². The van der Waals surface area contributed by atoms with Crippen LogP contribution < -0.4 is 5.32 Å². The van der Waals surface area contributed by atoms with E-state index in [2.05, 4.69) is 5.32 Å². The Morgan fingerprint density at radius 2 is 2.27 bits per heavy atom. The minimum atomic E-state index is -0.234. The molecular weight excluding hydrogens is 195 g/mol. The van der Waals surface area contributed by atoms with Gasteiger partial charge < -0.3 is 9.88 Å². The molecule has 3 nitrogen and oxygen atoms in total. The largest absolute Gasteiger partial charge is 0.349 e. The first-order valence-electron chi connectivity index (χ1n) is 4.79. The molecule has 0 saturated carbocycles. The number of amides is 1. The predicted molar refractivity (Wildman–Crippen MR) is 53.7 cm³/mol. The number of fused-ring (bicyclic) bond motifs is 3. The molecule has 4 heteroatoms. The smallest absolute Gasteiger partial charge is 0.240 e. The summed E-state index contributed by atoms with van der Waals surface area (Å²) < 4.78 is 15.3. The molecule has 0 radical (unpaired) electrons. The Balaban J connectivity index is 2.33. The number of nitrogens with zero attached hydrogens (tertiary/aromatic N) is 1. The topological polar surface area (TPSA) is 34.0 Å². The Bertz CT molecular complexity index is 559. The van der Waals surface area contributed by atoms with Crippen molar-refractivity contribution in [2.45, 2.75) is 13.1 Å². The van der Waals surface area contributed by atoms with Crippen LogP contribution in [0.15, 0.2) is 24.3 Å². The molecule has 3 rings (SSSR count). The number of nitrogens with one attached hydrogen (secondary N) is 1. The van der Waals surface area contributed by atoms with Crippen LogP contribution >= 0.6 is 0 Å². The number of halogens is 1. The van der Waals surface area contributed by atoms with Crippen LogP contribution in [0.4, 0.5) is 4.39 Å². The molecule has 1 amide bonds. The molecule has 0 spiro atoms. The number of carbonyl (C=O) groups excluding carboxylic acids is 1. The van der Waals surface area contributed by atoms with Gasteiger partial charge in [-0.3, -0.25) is 4.79 Å². The molecule has 1 N–H and O–H groups in total. The van der Waals surface area contributed by atoms with Gasteiger partial charge in [0.1, 0.15) is 12.4 Å². The third kappa shape index (κ3) is 1.14. The lowest BCUT2D eigenvalue weighted by atomic mass is 10.2. The highest BCUT2D eigenvalue weighted by Crippen LogP contribution is 2.23. The van der Waals surface area contributed by atoms with E-state index in [1.165, 1.54) is 6.07 Å². The first kappa shape index (κ1) is 8.47. The highest BCUT2D eigenvalue weighted by atomic mass is 19.1. The van der Waals surface area contributed by atoms with Crippen LogP contribution in [0.3, 0.4) is 0 Å². The molecule has 0 saturated heterocycles. The Labute approximate surface area is 85.5 Å². The Hall–Kier alpha value is -1.84. The van der Waals surface area contributed by atoms with E-state index in [-0.39, 0.29) is 18.3 Å². The molecule has 0 aliphatic carbocycles. The number of aromatic nitrogens is 1. The Morgan fingerprint density at radius 3 is 3.13 bits per heavy atom. The van der Waals surface area contributed by atoms with Crippen molar-refractivity contribution in [1.29, 1.82) is 0 Å². The second-order valence-electron chi connectivity index (χ2n) is 3.67. The first-order chi connectivity index (χ1) is 7.25. The minimum absolute atomic E-state index is 0.0238. The fourth-order valence-electron chi connectivity index (χ4n) is 2.02. The number of hydrogen-bond donors (Lipinski definition) is 1. The van der Waals surface area contributed by atoms with Gasteiger partial charge in [-0.15, -0.1) is 0 Å². The third-order valence-electron chi connectivity index (χ3n) is 2.75. The fraction of sp³-hybridized carbons (Fsp3) is 0.182. The Kier molecular flexibility index (Phi) is 1.59. The number of benzene rings is 1. The summed E-state index contributed by atoms with van der Waals surface area (Å²) in [6.07, 6.45) is 0. The second-order valence-corrected chi connectivity index (χ2v) is 3.67. The molecule has 76 valence electrons. The molecule has 0 fully saturated rings. The van der Waals surface area contributed by atoms with E-state index in [0.29, 0.717) is 11.9 Å². The highest BCUT2D eigenvalue weighted by Gasteiger charge is 2.18. The van der Waals surface area contributed by atoms with Gasteiger partial charge >= 0.3 is 0 Å². The van der Waals surface area contributed by atoms with Crippen molar-refractivity contribution in [2.75, 3.05) is 0 Å². The molecule has 0 unspecified atom stereocenters. The van der Waals surface area contributed by atoms with Crippen molar-refractivity contribution in [3.63, 3.8) is 0 Å². The standard InChI is InChI=1S/C11H9FN2O/c12-9-2-1-3-10-8(9)4-7-5-13-11(15)6-14(7)10/h1-4H,5-6H2,(H,13,15). The maximum absolute atomic E-state index is 13.5. The molecule has 2 heterocycles.